The first-order valence-electron chi connectivity index (χ1n) is 7.75. The number of hydrogen-bond donors (Lipinski definition) is 1. The molecule has 134 valence electrons. The first-order valence-corrected chi connectivity index (χ1v) is 7.75. The summed E-state index contributed by atoms with van der Waals surface area (Å²) in [6.45, 7) is 0.453. The highest BCUT2D eigenvalue weighted by atomic mass is 19.1. The molecule has 1 N–H and O–H groups in total. The van der Waals surface area contributed by atoms with Gasteiger partial charge in [0.25, 0.3) is 0 Å². The number of aryl methyl sites for hydroxylation is 1. The number of rotatable bonds is 7. The molecule has 0 radical (unpaired) electrons. The molecule has 3 aromatic rings. The van der Waals surface area contributed by atoms with Gasteiger partial charge in [-0.05, 0) is 6.07 Å². The third kappa shape index (κ3) is 4.29. The van der Waals surface area contributed by atoms with Crippen LogP contribution < -0.4 is 5.32 Å². The van der Waals surface area contributed by atoms with Crippen LogP contribution in [0.15, 0.2) is 48.9 Å². The molecule has 0 unspecified atom stereocenters. The van der Waals surface area contributed by atoms with Crippen LogP contribution in [0.1, 0.15) is 12.0 Å². The summed E-state index contributed by atoms with van der Waals surface area (Å²) in [7, 11) is 0. The molecule has 0 bridgehead atoms. The van der Waals surface area contributed by atoms with Crippen molar-refractivity contribution >= 4 is 17.4 Å². The molecule has 9 nitrogen and oxygen atoms in total. The van der Waals surface area contributed by atoms with Gasteiger partial charge in [-0.25, -0.2) is 4.39 Å². The summed E-state index contributed by atoms with van der Waals surface area (Å²) >= 11 is 0. The van der Waals surface area contributed by atoms with Crippen LogP contribution in [0.4, 0.5) is 15.9 Å². The van der Waals surface area contributed by atoms with Crippen LogP contribution in [0.2, 0.25) is 0 Å². The molecule has 0 saturated heterocycles. The highest BCUT2D eigenvalue weighted by Crippen LogP contribution is 2.11. The molecule has 0 saturated carbocycles. The van der Waals surface area contributed by atoms with E-state index in [0.29, 0.717) is 11.4 Å². The predicted molar refractivity (Wildman–Crippen MR) is 89.9 cm³/mol. The Balaban J connectivity index is 1.52. The SMILES string of the molecule is O=C(CCn1cc([N+](=O)[O-])cn1)Nc1ccn(Cc2ccccc2F)n1. The second kappa shape index (κ2) is 7.55. The minimum Gasteiger partial charge on any atom is -0.309 e. The molecule has 2 aromatic heterocycles. The highest BCUT2D eigenvalue weighted by molar-refractivity contribution is 5.89. The van der Waals surface area contributed by atoms with Crippen molar-refractivity contribution in [1.82, 2.24) is 19.6 Å². The molecule has 0 fully saturated rings. The number of nitro groups is 1. The lowest BCUT2D eigenvalue weighted by Crippen LogP contribution is -2.15. The van der Waals surface area contributed by atoms with Crippen LogP contribution in [-0.2, 0) is 17.9 Å². The molecule has 3 rings (SSSR count). The summed E-state index contributed by atoms with van der Waals surface area (Å²) in [4.78, 5) is 22.0. The Labute approximate surface area is 147 Å². The van der Waals surface area contributed by atoms with Crippen LogP contribution in [0, 0.1) is 15.9 Å². The van der Waals surface area contributed by atoms with E-state index in [0.717, 1.165) is 6.20 Å². The number of hydrogen-bond acceptors (Lipinski definition) is 5. The molecule has 26 heavy (non-hydrogen) atoms. The number of amides is 1. The summed E-state index contributed by atoms with van der Waals surface area (Å²) < 4.78 is 16.5. The average molecular weight is 358 g/mol. The number of aromatic nitrogens is 4. The molecule has 0 spiro atoms. The molecule has 0 atom stereocenters. The summed E-state index contributed by atoms with van der Waals surface area (Å²) in [5, 5.41) is 21.2. The zero-order valence-electron chi connectivity index (χ0n) is 13.6. The van der Waals surface area contributed by atoms with Gasteiger partial charge in [0.1, 0.15) is 18.2 Å². The number of nitrogens with one attached hydrogen (secondary N) is 1. The number of anilines is 1. The van der Waals surface area contributed by atoms with Crippen molar-refractivity contribution in [3.8, 4) is 0 Å². The maximum Gasteiger partial charge on any atom is 0.306 e. The van der Waals surface area contributed by atoms with Crippen molar-refractivity contribution in [2.75, 3.05) is 5.32 Å². The van der Waals surface area contributed by atoms with E-state index in [1.165, 1.54) is 21.6 Å². The monoisotopic (exact) mass is 358 g/mol. The smallest absolute Gasteiger partial charge is 0.306 e. The fourth-order valence-electron chi connectivity index (χ4n) is 2.31. The van der Waals surface area contributed by atoms with Gasteiger partial charge in [0.2, 0.25) is 5.91 Å². The first kappa shape index (κ1) is 17.3. The second-order valence-electron chi connectivity index (χ2n) is 5.51. The third-order valence-electron chi connectivity index (χ3n) is 3.60. The van der Waals surface area contributed by atoms with Crippen LogP contribution in [0.3, 0.4) is 0 Å². The second-order valence-corrected chi connectivity index (χ2v) is 5.51. The van der Waals surface area contributed by atoms with Crippen molar-refractivity contribution in [3.63, 3.8) is 0 Å². The van der Waals surface area contributed by atoms with E-state index in [-0.39, 0.29) is 36.9 Å². The van der Waals surface area contributed by atoms with E-state index >= 15 is 0 Å². The Bertz CT molecular complexity index is 935. The Morgan fingerprint density at radius 2 is 2.08 bits per heavy atom. The summed E-state index contributed by atoms with van der Waals surface area (Å²) in [5.74, 6) is -0.279. The van der Waals surface area contributed by atoms with Gasteiger partial charge in [-0.15, -0.1) is 0 Å². The molecule has 0 aliphatic rings. The number of benzene rings is 1. The van der Waals surface area contributed by atoms with Gasteiger partial charge >= 0.3 is 5.69 Å². The largest absolute Gasteiger partial charge is 0.309 e. The zero-order valence-corrected chi connectivity index (χ0v) is 13.6. The fourth-order valence-corrected chi connectivity index (χ4v) is 2.31. The van der Waals surface area contributed by atoms with E-state index in [2.05, 4.69) is 15.5 Å². The standard InChI is InChI=1S/C16H15FN6O3/c17-14-4-2-1-3-12(14)10-22-7-5-15(20-22)19-16(24)6-8-21-11-13(9-18-21)23(25)26/h1-5,7,9,11H,6,8,10H2,(H,19,20,24). The summed E-state index contributed by atoms with van der Waals surface area (Å²) in [6.07, 6.45) is 4.11. The van der Waals surface area contributed by atoms with Gasteiger partial charge in [-0.3, -0.25) is 24.3 Å². The van der Waals surface area contributed by atoms with Gasteiger partial charge in [0.05, 0.1) is 11.5 Å². The first-order chi connectivity index (χ1) is 12.5. The van der Waals surface area contributed by atoms with Crippen LogP contribution in [0.25, 0.3) is 0 Å². The Morgan fingerprint density at radius 1 is 1.27 bits per heavy atom. The topological polar surface area (TPSA) is 108 Å². The molecule has 1 amide bonds. The maximum absolute atomic E-state index is 13.6. The van der Waals surface area contributed by atoms with Crippen molar-refractivity contribution in [2.45, 2.75) is 19.5 Å². The van der Waals surface area contributed by atoms with Gasteiger partial charge in [-0.1, -0.05) is 18.2 Å². The van der Waals surface area contributed by atoms with Crippen molar-refractivity contribution < 1.29 is 14.1 Å². The van der Waals surface area contributed by atoms with Gasteiger partial charge in [-0.2, -0.15) is 10.2 Å². The van der Waals surface area contributed by atoms with E-state index < -0.39 is 4.92 Å². The molecule has 10 heteroatoms. The molecular weight excluding hydrogens is 343 g/mol. The van der Waals surface area contributed by atoms with E-state index in [1.807, 2.05) is 0 Å². The van der Waals surface area contributed by atoms with E-state index in [9.17, 15) is 19.3 Å². The third-order valence-corrected chi connectivity index (χ3v) is 3.60. The molecule has 1 aromatic carbocycles. The molecule has 0 aliphatic carbocycles. The van der Waals surface area contributed by atoms with Gasteiger partial charge < -0.3 is 5.32 Å². The van der Waals surface area contributed by atoms with E-state index in [4.69, 9.17) is 0 Å². The zero-order chi connectivity index (χ0) is 18.5. The Hall–Kier alpha value is -3.56. The maximum atomic E-state index is 13.6. The normalized spacial score (nSPS) is 10.7. The van der Waals surface area contributed by atoms with E-state index in [1.54, 1.807) is 30.5 Å². The minimum atomic E-state index is -0.550. The lowest BCUT2D eigenvalue weighted by Gasteiger charge is -2.04. The van der Waals surface area contributed by atoms with Crippen molar-refractivity contribution in [2.24, 2.45) is 0 Å². The fraction of sp³-hybridized carbons (Fsp3) is 0.188. The van der Waals surface area contributed by atoms with Crippen LogP contribution in [0.5, 0.6) is 0 Å². The van der Waals surface area contributed by atoms with Crippen molar-refractivity contribution in [1.29, 1.82) is 0 Å². The number of carbonyl (C=O) groups is 1. The summed E-state index contributed by atoms with van der Waals surface area (Å²) in [6, 6.07) is 8.00. The van der Waals surface area contributed by atoms with Crippen LogP contribution in [-0.4, -0.2) is 30.4 Å². The number of carbonyl (C=O) groups excluding carboxylic acids is 1. The molecular formula is C16H15FN6O3. The Kier molecular flexibility index (Phi) is 5.02. The average Bonchev–Trinajstić information content (AvgIpc) is 3.25. The molecule has 2 heterocycles. The number of halogens is 1. The lowest BCUT2D eigenvalue weighted by molar-refractivity contribution is -0.385. The Morgan fingerprint density at radius 3 is 2.81 bits per heavy atom. The van der Waals surface area contributed by atoms with Gasteiger partial charge in [0.15, 0.2) is 5.82 Å². The highest BCUT2D eigenvalue weighted by Gasteiger charge is 2.11. The van der Waals surface area contributed by atoms with Crippen LogP contribution >= 0.6 is 0 Å². The molecule has 0 aliphatic heterocycles. The summed E-state index contributed by atoms with van der Waals surface area (Å²) in [5.41, 5.74) is 0.367. The lowest BCUT2D eigenvalue weighted by atomic mass is 10.2. The minimum absolute atomic E-state index is 0.0823. The van der Waals surface area contributed by atoms with Crippen molar-refractivity contribution in [3.05, 3.63) is 70.4 Å². The number of nitrogens with zero attached hydrogens (tertiary/aromatic N) is 5. The predicted octanol–water partition coefficient (Wildman–Crippen LogP) is 2.20. The quantitative estimate of drug-likeness (QED) is 0.514. The van der Waals surface area contributed by atoms with Gasteiger partial charge in [0, 0.05) is 30.8 Å².